The van der Waals surface area contributed by atoms with Crippen molar-refractivity contribution in [2.24, 2.45) is 5.73 Å². The van der Waals surface area contributed by atoms with Gasteiger partial charge in [-0.05, 0) is 12.8 Å². The predicted octanol–water partition coefficient (Wildman–Crippen LogP) is 1.13. The summed E-state index contributed by atoms with van der Waals surface area (Å²) >= 11 is 0. The summed E-state index contributed by atoms with van der Waals surface area (Å²) in [7, 11) is 3.57. The number of nitrogens with zero attached hydrogens (tertiary/aromatic N) is 1. The van der Waals surface area contributed by atoms with Gasteiger partial charge in [0.25, 0.3) is 0 Å². The van der Waals surface area contributed by atoms with E-state index in [0.29, 0.717) is 6.42 Å². The molecule has 0 spiro atoms. The molecule has 0 bridgehead atoms. The van der Waals surface area contributed by atoms with Gasteiger partial charge in [0.15, 0.2) is 0 Å². The Balaban J connectivity index is 2.45. The lowest BCUT2D eigenvalue weighted by Gasteiger charge is -2.33. The number of nitrogens with two attached hydrogens (primary N) is 1. The molecule has 13 heavy (non-hydrogen) atoms. The molecule has 1 saturated carbocycles. The molecule has 1 rings (SSSR count). The molecule has 0 aromatic heterocycles. The third kappa shape index (κ3) is 2.99. The second-order valence-corrected chi connectivity index (χ2v) is 4.39. The van der Waals surface area contributed by atoms with Gasteiger partial charge >= 0.3 is 0 Å². The van der Waals surface area contributed by atoms with Crippen LogP contribution in [0.4, 0.5) is 0 Å². The Labute approximate surface area is 80.3 Å². The Morgan fingerprint density at radius 3 is 2.31 bits per heavy atom. The molecule has 0 aromatic carbocycles. The Hall–Kier alpha value is -0.570. The maximum Gasteiger partial charge on any atom is 0.223 e. The average molecular weight is 184 g/mol. The van der Waals surface area contributed by atoms with Gasteiger partial charge in [0.2, 0.25) is 5.91 Å². The predicted molar refractivity (Wildman–Crippen MR) is 53.3 cm³/mol. The van der Waals surface area contributed by atoms with Crippen LogP contribution in [-0.4, -0.2) is 30.4 Å². The Morgan fingerprint density at radius 2 is 1.85 bits per heavy atom. The molecule has 1 aliphatic rings. The number of hydrogen-bond donors (Lipinski definition) is 1. The average Bonchev–Trinajstić information content (AvgIpc) is 2.04. The van der Waals surface area contributed by atoms with Gasteiger partial charge in [-0.2, -0.15) is 0 Å². The van der Waals surface area contributed by atoms with Crippen molar-refractivity contribution in [3.05, 3.63) is 0 Å². The summed E-state index contributed by atoms with van der Waals surface area (Å²) in [6.45, 7) is 0. The molecule has 0 aliphatic heterocycles. The number of hydrogen-bond acceptors (Lipinski definition) is 2. The van der Waals surface area contributed by atoms with E-state index in [1.807, 2.05) is 0 Å². The maximum atomic E-state index is 11.5. The normalized spacial score (nSPS) is 21.2. The minimum Gasteiger partial charge on any atom is -0.349 e. The van der Waals surface area contributed by atoms with Crippen LogP contribution in [0.5, 0.6) is 0 Å². The van der Waals surface area contributed by atoms with E-state index in [4.69, 9.17) is 5.73 Å². The van der Waals surface area contributed by atoms with Crippen LogP contribution in [0.2, 0.25) is 0 Å². The molecule has 76 valence electrons. The minimum absolute atomic E-state index is 0.157. The van der Waals surface area contributed by atoms with E-state index < -0.39 is 0 Å². The Morgan fingerprint density at radius 1 is 1.31 bits per heavy atom. The topological polar surface area (TPSA) is 46.3 Å². The first-order valence-corrected chi connectivity index (χ1v) is 5.03. The second-order valence-electron chi connectivity index (χ2n) is 4.39. The van der Waals surface area contributed by atoms with Gasteiger partial charge in [0.1, 0.15) is 0 Å². The third-order valence-corrected chi connectivity index (χ3v) is 2.85. The zero-order valence-corrected chi connectivity index (χ0v) is 8.68. The fourth-order valence-corrected chi connectivity index (χ4v) is 1.89. The van der Waals surface area contributed by atoms with Crippen molar-refractivity contribution in [1.82, 2.24) is 4.90 Å². The molecule has 0 unspecified atom stereocenters. The van der Waals surface area contributed by atoms with Crippen LogP contribution in [0.25, 0.3) is 0 Å². The number of rotatable bonds is 2. The summed E-state index contributed by atoms with van der Waals surface area (Å²) in [5, 5.41) is 0. The summed E-state index contributed by atoms with van der Waals surface area (Å²) in [4.78, 5) is 13.1. The molecule has 0 heterocycles. The molecule has 3 nitrogen and oxygen atoms in total. The van der Waals surface area contributed by atoms with E-state index >= 15 is 0 Å². The first-order valence-electron chi connectivity index (χ1n) is 5.03. The number of carbonyl (C=O) groups is 1. The summed E-state index contributed by atoms with van der Waals surface area (Å²) in [5.74, 6) is 0.157. The Kier molecular flexibility index (Phi) is 3.31. The number of amides is 1. The van der Waals surface area contributed by atoms with Gasteiger partial charge < -0.3 is 10.6 Å². The molecule has 0 atom stereocenters. The van der Waals surface area contributed by atoms with Crippen molar-refractivity contribution in [2.45, 2.75) is 44.1 Å². The van der Waals surface area contributed by atoms with E-state index in [9.17, 15) is 4.79 Å². The van der Waals surface area contributed by atoms with Crippen LogP contribution in [0, 0.1) is 0 Å². The highest BCUT2D eigenvalue weighted by molar-refractivity contribution is 5.76. The standard InChI is InChI=1S/C10H20N2O/c1-12(2)9(13)8-10(11)6-4-3-5-7-10/h3-8,11H2,1-2H3. The van der Waals surface area contributed by atoms with Gasteiger partial charge in [-0.15, -0.1) is 0 Å². The molecule has 1 fully saturated rings. The van der Waals surface area contributed by atoms with E-state index in [1.54, 1.807) is 19.0 Å². The minimum atomic E-state index is -0.209. The lowest BCUT2D eigenvalue weighted by molar-refractivity contribution is -0.130. The van der Waals surface area contributed by atoms with Gasteiger partial charge in [0.05, 0.1) is 0 Å². The Bertz CT molecular complexity index is 183. The van der Waals surface area contributed by atoms with Crippen molar-refractivity contribution in [3.63, 3.8) is 0 Å². The molecular weight excluding hydrogens is 164 g/mol. The molecule has 1 aliphatic carbocycles. The van der Waals surface area contributed by atoms with Crippen LogP contribution in [0.1, 0.15) is 38.5 Å². The molecule has 2 N–H and O–H groups in total. The number of carbonyl (C=O) groups excluding carboxylic acids is 1. The maximum absolute atomic E-state index is 11.5. The highest BCUT2D eigenvalue weighted by atomic mass is 16.2. The molecule has 0 saturated heterocycles. The van der Waals surface area contributed by atoms with E-state index in [-0.39, 0.29) is 11.4 Å². The smallest absolute Gasteiger partial charge is 0.223 e. The van der Waals surface area contributed by atoms with Crippen molar-refractivity contribution in [2.75, 3.05) is 14.1 Å². The summed E-state index contributed by atoms with van der Waals surface area (Å²) in [5.41, 5.74) is 5.94. The monoisotopic (exact) mass is 184 g/mol. The van der Waals surface area contributed by atoms with Crippen LogP contribution < -0.4 is 5.73 Å². The molecule has 1 amide bonds. The van der Waals surface area contributed by atoms with Crippen molar-refractivity contribution >= 4 is 5.91 Å². The van der Waals surface area contributed by atoms with Gasteiger partial charge in [-0.3, -0.25) is 4.79 Å². The van der Waals surface area contributed by atoms with Gasteiger partial charge in [-0.1, -0.05) is 19.3 Å². The fraction of sp³-hybridized carbons (Fsp3) is 0.900. The first kappa shape index (κ1) is 10.5. The zero-order valence-electron chi connectivity index (χ0n) is 8.68. The third-order valence-electron chi connectivity index (χ3n) is 2.85. The van der Waals surface area contributed by atoms with Crippen LogP contribution in [0.15, 0.2) is 0 Å². The van der Waals surface area contributed by atoms with Crippen LogP contribution in [0.3, 0.4) is 0 Å². The lowest BCUT2D eigenvalue weighted by Crippen LogP contribution is -2.45. The van der Waals surface area contributed by atoms with Crippen molar-refractivity contribution < 1.29 is 4.79 Å². The summed E-state index contributed by atoms with van der Waals surface area (Å²) in [6, 6.07) is 0. The largest absolute Gasteiger partial charge is 0.349 e. The summed E-state index contributed by atoms with van der Waals surface area (Å²) < 4.78 is 0. The molecule has 3 heteroatoms. The fourth-order valence-electron chi connectivity index (χ4n) is 1.89. The highest BCUT2D eigenvalue weighted by Gasteiger charge is 2.30. The highest BCUT2D eigenvalue weighted by Crippen LogP contribution is 2.28. The van der Waals surface area contributed by atoms with E-state index in [2.05, 4.69) is 0 Å². The van der Waals surface area contributed by atoms with E-state index in [0.717, 1.165) is 12.8 Å². The van der Waals surface area contributed by atoms with Crippen LogP contribution in [-0.2, 0) is 4.79 Å². The molecule has 0 radical (unpaired) electrons. The van der Waals surface area contributed by atoms with E-state index in [1.165, 1.54) is 19.3 Å². The van der Waals surface area contributed by atoms with Crippen molar-refractivity contribution in [1.29, 1.82) is 0 Å². The van der Waals surface area contributed by atoms with Gasteiger partial charge in [-0.25, -0.2) is 0 Å². The molecular formula is C10H20N2O. The molecule has 0 aromatic rings. The quantitative estimate of drug-likeness (QED) is 0.699. The lowest BCUT2D eigenvalue weighted by atomic mass is 9.80. The zero-order chi connectivity index (χ0) is 9.90. The van der Waals surface area contributed by atoms with Gasteiger partial charge in [0, 0.05) is 26.1 Å². The summed E-state index contributed by atoms with van der Waals surface area (Å²) in [6.07, 6.45) is 6.16. The SMILES string of the molecule is CN(C)C(=O)CC1(N)CCCCC1. The van der Waals surface area contributed by atoms with Crippen molar-refractivity contribution in [3.8, 4) is 0 Å². The van der Waals surface area contributed by atoms with Crippen LogP contribution >= 0.6 is 0 Å². The second kappa shape index (κ2) is 4.09. The first-order chi connectivity index (χ1) is 6.03.